The van der Waals surface area contributed by atoms with Gasteiger partial charge < -0.3 is 24.3 Å². The maximum atomic E-state index is 14.7. The molecule has 0 spiro atoms. The van der Waals surface area contributed by atoms with Crippen molar-refractivity contribution in [2.75, 3.05) is 14.2 Å². The van der Waals surface area contributed by atoms with Gasteiger partial charge in [-0.25, -0.2) is 4.39 Å². The van der Waals surface area contributed by atoms with Crippen molar-refractivity contribution in [1.29, 1.82) is 0 Å². The second kappa shape index (κ2) is 12.8. The minimum Gasteiger partial charge on any atom is -0.502 e. The molecule has 1 aromatic heterocycles. The molecule has 1 amide bonds. The van der Waals surface area contributed by atoms with Crippen molar-refractivity contribution >= 4 is 17.1 Å². The lowest BCUT2D eigenvalue weighted by Crippen LogP contribution is -2.44. The van der Waals surface area contributed by atoms with E-state index in [-0.39, 0.29) is 24.0 Å². The van der Waals surface area contributed by atoms with Gasteiger partial charge in [-0.2, -0.15) is 0 Å². The predicted octanol–water partition coefficient (Wildman–Crippen LogP) is 6.03. The van der Waals surface area contributed by atoms with Crippen LogP contribution in [-0.2, 0) is 24.3 Å². The Labute approximate surface area is 244 Å². The van der Waals surface area contributed by atoms with Crippen LogP contribution in [0.3, 0.4) is 0 Å². The van der Waals surface area contributed by atoms with E-state index in [0.29, 0.717) is 41.4 Å². The number of allylic oxidation sites excluding steroid dienone is 3. The topological polar surface area (TPSA) is 93.0 Å². The summed E-state index contributed by atoms with van der Waals surface area (Å²) in [5.41, 5.74) is 5.86. The lowest BCUT2D eigenvalue weighted by Gasteiger charge is -2.22. The third-order valence-corrected chi connectivity index (χ3v) is 7.37. The Morgan fingerprint density at radius 1 is 0.952 bits per heavy atom. The number of amides is 1. The molecule has 1 heterocycles. The zero-order valence-electron chi connectivity index (χ0n) is 23.7. The highest BCUT2D eigenvalue weighted by Crippen LogP contribution is 2.44. The fourth-order valence-corrected chi connectivity index (χ4v) is 5.27. The number of phenols is 1. The molecule has 0 fully saturated rings. The van der Waals surface area contributed by atoms with Crippen molar-refractivity contribution in [3.8, 4) is 17.2 Å². The Morgan fingerprint density at radius 2 is 1.69 bits per heavy atom. The summed E-state index contributed by atoms with van der Waals surface area (Å²) in [4.78, 5) is 13.7. The number of phenolic OH excluding ortho intramolecular Hbond substituents is 1. The minimum absolute atomic E-state index is 0.0654. The number of carbonyl (C=O) groups is 1. The molecule has 5 rings (SSSR count). The molecule has 0 aliphatic heterocycles. The Hall–Kier alpha value is -4.82. The largest absolute Gasteiger partial charge is 0.502 e. The van der Waals surface area contributed by atoms with Gasteiger partial charge in [0.25, 0.3) is 0 Å². The molecule has 3 aromatic carbocycles. The highest BCUT2D eigenvalue weighted by Gasteiger charge is 2.33. The summed E-state index contributed by atoms with van der Waals surface area (Å²) in [5, 5.41) is 16.7. The Balaban J connectivity index is 1.53. The Kier molecular flexibility index (Phi) is 8.74. The van der Waals surface area contributed by atoms with Gasteiger partial charge in [0.05, 0.1) is 27.0 Å². The number of rotatable bonds is 11. The fraction of sp³-hybridized carbons (Fsp3) is 0.206. The third-order valence-electron chi connectivity index (χ3n) is 7.37. The van der Waals surface area contributed by atoms with Crippen LogP contribution in [0.15, 0.2) is 95.1 Å². The van der Waals surface area contributed by atoms with E-state index < -0.39 is 6.04 Å². The van der Waals surface area contributed by atoms with Crippen molar-refractivity contribution in [3.63, 3.8) is 0 Å². The van der Waals surface area contributed by atoms with Gasteiger partial charge in [-0.05, 0) is 88.7 Å². The summed E-state index contributed by atoms with van der Waals surface area (Å²) in [6.07, 6.45) is 4.08. The monoisotopic (exact) mass is 568 g/mol. The van der Waals surface area contributed by atoms with E-state index in [1.54, 1.807) is 36.6 Å². The number of fused-ring (bicyclic) bond motifs is 1. The molecule has 8 heteroatoms. The first-order chi connectivity index (χ1) is 20.4. The first-order valence-electron chi connectivity index (χ1n) is 13.6. The second-order valence-corrected chi connectivity index (χ2v) is 10.00. The number of hydrogen-bond acceptors (Lipinski definition) is 6. The predicted molar refractivity (Wildman–Crippen MR) is 160 cm³/mol. The molecule has 1 atom stereocenters. The third kappa shape index (κ3) is 6.09. The lowest BCUT2D eigenvalue weighted by atomic mass is 9.97. The second-order valence-electron chi connectivity index (χ2n) is 10.00. The van der Waals surface area contributed by atoms with E-state index in [9.17, 15) is 14.3 Å². The van der Waals surface area contributed by atoms with E-state index in [4.69, 9.17) is 13.9 Å². The molecule has 0 radical (unpaired) electrons. The molecular weight excluding hydrogens is 535 g/mol. The lowest BCUT2D eigenvalue weighted by molar-refractivity contribution is -0.122. The number of halogens is 1. The number of methoxy groups -OCH3 is 2. The van der Waals surface area contributed by atoms with Crippen molar-refractivity contribution < 1.29 is 28.2 Å². The molecule has 1 aliphatic rings. The maximum absolute atomic E-state index is 14.7. The zero-order chi connectivity index (χ0) is 29.6. The molecule has 1 aliphatic carbocycles. The van der Waals surface area contributed by atoms with Crippen LogP contribution in [0, 0.1) is 5.82 Å². The number of nitrogens with one attached hydrogen (secondary N) is 2. The molecule has 0 saturated heterocycles. The quantitative estimate of drug-likeness (QED) is 0.205. The SMILES string of the molecule is COc1cc(C/C=C2/C(C)=C(C(NCc3ccccc3)C(=O)NCc3ccco3)c3cc(F)ccc32)cc(OC)c1O. The van der Waals surface area contributed by atoms with Crippen LogP contribution in [0.4, 0.5) is 4.39 Å². The number of furan rings is 1. The Bertz CT molecular complexity index is 1600. The summed E-state index contributed by atoms with van der Waals surface area (Å²) in [6.45, 7) is 2.62. The van der Waals surface area contributed by atoms with Crippen LogP contribution < -0.4 is 20.1 Å². The summed E-state index contributed by atoms with van der Waals surface area (Å²) in [6, 6.07) is 20.8. The smallest absolute Gasteiger partial charge is 0.242 e. The van der Waals surface area contributed by atoms with Crippen LogP contribution in [0.5, 0.6) is 17.2 Å². The van der Waals surface area contributed by atoms with Gasteiger partial charge >= 0.3 is 0 Å². The van der Waals surface area contributed by atoms with Gasteiger partial charge in [-0.1, -0.05) is 42.5 Å². The average molecular weight is 569 g/mol. The van der Waals surface area contributed by atoms with Crippen LogP contribution in [-0.4, -0.2) is 31.3 Å². The van der Waals surface area contributed by atoms with Gasteiger partial charge in [-0.15, -0.1) is 0 Å². The van der Waals surface area contributed by atoms with Crippen molar-refractivity contribution in [2.24, 2.45) is 0 Å². The van der Waals surface area contributed by atoms with E-state index >= 15 is 0 Å². The highest BCUT2D eigenvalue weighted by atomic mass is 19.1. The molecule has 1 unspecified atom stereocenters. The number of benzene rings is 3. The van der Waals surface area contributed by atoms with Gasteiger partial charge in [-0.3, -0.25) is 10.1 Å². The summed E-state index contributed by atoms with van der Waals surface area (Å²) < 4.78 is 30.7. The van der Waals surface area contributed by atoms with Gasteiger partial charge in [0, 0.05) is 6.54 Å². The maximum Gasteiger partial charge on any atom is 0.242 e. The molecule has 4 aromatic rings. The molecule has 0 bridgehead atoms. The summed E-state index contributed by atoms with van der Waals surface area (Å²) in [7, 11) is 2.97. The van der Waals surface area contributed by atoms with E-state index in [2.05, 4.69) is 10.6 Å². The first kappa shape index (κ1) is 28.7. The van der Waals surface area contributed by atoms with E-state index in [1.165, 1.54) is 26.4 Å². The number of ether oxygens (including phenoxy) is 2. The average Bonchev–Trinajstić information content (AvgIpc) is 3.62. The molecule has 3 N–H and O–H groups in total. The molecule has 0 saturated carbocycles. The number of aromatic hydroxyl groups is 1. The molecule has 216 valence electrons. The van der Waals surface area contributed by atoms with Crippen LogP contribution in [0.2, 0.25) is 0 Å². The first-order valence-corrected chi connectivity index (χ1v) is 13.6. The van der Waals surface area contributed by atoms with Crippen molar-refractivity contribution in [3.05, 3.63) is 125 Å². The summed E-state index contributed by atoms with van der Waals surface area (Å²) in [5.74, 6) is 0.552. The van der Waals surface area contributed by atoms with E-state index in [1.807, 2.05) is 43.3 Å². The van der Waals surface area contributed by atoms with Gasteiger partial charge in [0.15, 0.2) is 11.5 Å². The highest BCUT2D eigenvalue weighted by molar-refractivity contribution is 6.07. The fourth-order valence-electron chi connectivity index (χ4n) is 5.27. The van der Waals surface area contributed by atoms with Crippen molar-refractivity contribution in [2.45, 2.75) is 32.5 Å². The zero-order valence-corrected chi connectivity index (χ0v) is 23.7. The molecular formula is C34H33FN2O5. The van der Waals surface area contributed by atoms with Crippen molar-refractivity contribution in [1.82, 2.24) is 10.6 Å². The summed E-state index contributed by atoms with van der Waals surface area (Å²) >= 11 is 0. The van der Waals surface area contributed by atoms with Gasteiger partial charge in [0.1, 0.15) is 17.6 Å². The Morgan fingerprint density at radius 3 is 2.36 bits per heavy atom. The minimum atomic E-state index is -0.763. The van der Waals surface area contributed by atoms with Crippen LogP contribution in [0.1, 0.15) is 34.9 Å². The number of carbonyl (C=O) groups excluding carboxylic acids is 1. The van der Waals surface area contributed by atoms with Gasteiger partial charge in [0.2, 0.25) is 11.7 Å². The van der Waals surface area contributed by atoms with E-state index in [0.717, 1.165) is 27.8 Å². The number of hydrogen-bond donors (Lipinski definition) is 3. The molecule has 42 heavy (non-hydrogen) atoms. The standard InChI is InChI=1S/C34H33FN2O5/c1-21-26(13-11-23-16-29(40-2)33(38)30(17-23)41-3)27-14-12-24(35)18-28(27)31(21)32(36-19-22-8-5-4-6-9-22)34(39)37-20-25-10-7-15-42-25/h4-10,12-18,32,36,38H,11,19-20H2,1-3H3,(H,37,39)/b26-13-. The van der Waals surface area contributed by atoms with Crippen LogP contribution in [0.25, 0.3) is 11.1 Å². The molecule has 7 nitrogen and oxygen atoms in total. The van der Waals surface area contributed by atoms with Crippen LogP contribution >= 0.6 is 0 Å². The normalized spacial score (nSPS) is 14.1.